The lowest BCUT2D eigenvalue weighted by atomic mass is 9.87. The van der Waals surface area contributed by atoms with Crippen LogP contribution in [0.1, 0.15) is 43.1 Å². The zero-order chi connectivity index (χ0) is 8.55. The first kappa shape index (κ1) is 7.71. The second-order valence-corrected chi connectivity index (χ2v) is 3.42. The van der Waals surface area contributed by atoms with Crippen molar-refractivity contribution in [2.24, 2.45) is 0 Å². The number of alkyl halides is 1. The summed E-state index contributed by atoms with van der Waals surface area (Å²) in [4.78, 5) is 4.21. The Morgan fingerprint density at radius 3 is 3.08 bits per heavy atom. The number of hydrogen-bond acceptors (Lipinski definition) is 1. The number of halogens is 1. The van der Waals surface area contributed by atoms with Crippen LogP contribution in [-0.4, -0.2) is 4.98 Å². The van der Waals surface area contributed by atoms with E-state index in [0.717, 1.165) is 17.7 Å². The van der Waals surface area contributed by atoms with E-state index in [1.54, 1.807) is 6.20 Å². The molecule has 0 radical (unpaired) electrons. The summed E-state index contributed by atoms with van der Waals surface area (Å²) in [5.74, 6) is 0.424. The lowest BCUT2D eigenvalue weighted by molar-refractivity contribution is 0.288. The van der Waals surface area contributed by atoms with Crippen LogP contribution in [0.15, 0.2) is 18.3 Å². The van der Waals surface area contributed by atoms with Crippen molar-refractivity contribution >= 4 is 0 Å². The Morgan fingerprint density at radius 1 is 1.50 bits per heavy atom. The Hall–Kier alpha value is -0.920. The minimum Gasteiger partial charge on any atom is -0.261 e. The van der Waals surface area contributed by atoms with Crippen molar-refractivity contribution < 1.29 is 4.39 Å². The molecule has 1 aromatic rings. The van der Waals surface area contributed by atoms with Gasteiger partial charge in [-0.05, 0) is 24.8 Å². The molecular weight excluding hydrogens is 153 g/mol. The Labute approximate surface area is 71.6 Å². The fourth-order valence-corrected chi connectivity index (χ4v) is 1.80. The maximum absolute atomic E-state index is 13.3. The molecule has 0 bridgehead atoms. The standard InChI is InChI=1S/C10H12FN/c1-7-4-5-9(11)8-3-2-6-12-10(7)8/h2-3,6-7,9H,4-5H2,1H3. The average molecular weight is 165 g/mol. The first-order valence-electron chi connectivity index (χ1n) is 4.38. The van der Waals surface area contributed by atoms with Crippen LogP contribution in [-0.2, 0) is 0 Å². The molecule has 0 aliphatic heterocycles. The van der Waals surface area contributed by atoms with Crippen molar-refractivity contribution in [1.82, 2.24) is 4.98 Å². The molecule has 1 aliphatic rings. The Morgan fingerprint density at radius 2 is 2.33 bits per heavy atom. The predicted molar refractivity (Wildman–Crippen MR) is 45.7 cm³/mol. The highest BCUT2D eigenvalue weighted by atomic mass is 19.1. The van der Waals surface area contributed by atoms with Crippen LogP contribution in [0.4, 0.5) is 4.39 Å². The molecule has 2 rings (SSSR count). The first-order valence-corrected chi connectivity index (χ1v) is 4.38. The van der Waals surface area contributed by atoms with Gasteiger partial charge in [0.05, 0.1) is 0 Å². The first-order chi connectivity index (χ1) is 5.79. The van der Waals surface area contributed by atoms with Crippen LogP contribution < -0.4 is 0 Å². The second-order valence-electron chi connectivity index (χ2n) is 3.42. The maximum Gasteiger partial charge on any atom is 0.127 e. The molecule has 12 heavy (non-hydrogen) atoms. The molecule has 1 aliphatic carbocycles. The van der Waals surface area contributed by atoms with Gasteiger partial charge in [-0.15, -0.1) is 0 Å². The van der Waals surface area contributed by atoms with Gasteiger partial charge in [-0.2, -0.15) is 0 Å². The quantitative estimate of drug-likeness (QED) is 0.576. The summed E-state index contributed by atoms with van der Waals surface area (Å²) >= 11 is 0. The highest BCUT2D eigenvalue weighted by molar-refractivity contribution is 5.27. The number of fused-ring (bicyclic) bond motifs is 1. The summed E-state index contributed by atoms with van der Waals surface area (Å²) in [7, 11) is 0. The normalized spacial score (nSPS) is 28.2. The van der Waals surface area contributed by atoms with E-state index in [9.17, 15) is 4.39 Å². The molecule has 2 unspecified atom stereocenters. The molecule has 1 aromatic heterocycles. The summed E-state index contributed by atoms with van der Waals surface area (Å²) in [5, 5.41) is 0. The van der Waals surface area contributed by atoms with Crippen LogP contribution in [0.3, 0.4) is 0 Å². The highest BCUT2D eigenvalue weighted by Crippen LogP contribution is 2.37. The third-order valence-electron chi connectivity index (χ3n) is 2.53. The summed E-state index contributed by atoms with van der Waals surface area (Å²) in [5.41, 5.74) is 1.76. The minimum atomic E-state index is -0.787. The van der Waals surface area contributed by atoms with Crippen molar-refractivity contribution in [3.05, 3.63) is 29.6 Å². The van der Waals surface area contributed by atoms with Crippen molar-refractivity contribution in [2.45, 2.75) is 31.9 Å². The molecule has 0 saturated carbocycles. The number of pyridine rings is 1. The van der Waals surface area contributed by atoms with Crippen LogP contribution in [0.5, 0.6) is 0 Å². The van der Waals surface area contributed by atoms with Crippen molar-refractivity contribution in [3.8, 4) is 0 Å². The molecule has 64 valence electrons. The van der Waals surface area contributed by atoms with Crippen molar-refractivity contribution in [2.75, 3.05) is 0 Å². The van der Waals surface area contributed by atoms with Gasteiger partial charge in [-0.1, -0.05) is 13.0 Å². The number of aromatic nitrogens is 1. The zero-order valence-corrected chi connectivity index (χ0v) is 7.13. The molecule has 2 heteroatoms. The Balaban J connectivity index is 2.47. The van der Waals surface area contributed by atoms with Gasteiger partial charge in [0.15, 0.2) is 0 Å². The minimum absolute atomic E-state index is 0.424. The van der Waals surface area contributed by atoms with Crippen LogP contribution in [0.25, 0.3) is 0 Å². The number of hydrogen-bond donors (Lipinski definition) is 0. The summed E-state index contributed by atoms with van der Waals surface area (Å²) < 4.78 is 13.3. The summed E-state index contributed by atoms with van der Waals surface area (Å²) in [6.45, 7) is 2.11. The third-order valence-corrected chi connectivity index (χ3v) is 2.53. The molecule has 0 amide bonds. The van der Waals surface area contributed by atoms with Gasteiger partial charge < -0.3 is 0 Å². The second kappa shape index (κ2) is 2.85. The Kier molecular flexibility index (Phi) is 1.83. The van der Waals surface area contributed by atoms with E-state index in [-0.39, 0.29) is 0 Å². The Bertz CT molecular complexity index is 256. The zero-order valence-electron chi connectivity index (χ0n) is 7.13. The van der Waals surface area contributed by atoms with Crippen molar-refractivity contribution in [1.29, 1.82) is 0 Å². The summed E-state index contributed by atoms with van der Waals surface area (Å²) in [6, 6.07) is 3.66. The lowest BCUT2D eigenvalue weighted by Crippen LogP contribution is -2.11. The molecular formula is C10H12FN. The summed E-state index contributed by atoms with van der Waals surface area (Å²) in [6.07, 6.45) is 2.53. The van der Waals surface area contributed by atoms with Gasteiger partial charge >= 0.3 is 0 Å². The molecule has 1 nitrogen and oxygen atoms in total. The molecule has 0 spiro atoms. The van der Waals surface area contributed by atoms with Crippen LogP contribution in [0, 0.1) is 0 Å². The fraction of sp³-hybridized carbons (Fsp3) is 0.500. The number of nitrogens with zero attached hydrogens (tertiary/aromatic N) is 1. The predicted octanol–water partition coefficient (Wildman–Crippen LogP) is 2.99. The largest absolute Gasteiger partial charge is 0.261 e. The maximum atomic E-state index is 13.3. The number of rotatable bonds is 0. The molecule has 1 heterocycles. The van der Waals surface area contributed by atoms with E-state index in [4.69, 9.17) is 0 Å². The van der Waals surface area contributed by atoms with Gasteiger partial charge in [0, 0.05) is 17.5 Å². The van der Waals surface area contributed by atoms with Gasteiger partial charge in [0.1, 0.15) is 6.17 Å². The molecule has 0 fully saturated rings. The molecule has 0 saturated heterocycles. The topological polar surface area (TPSA) is 12.9 Å². The fourth-order valence-electron chi connectivity index (χ4n) is 1.80. The lowest BCUT2D eigenvalue weighted by Gasteiger charge is -2.23. The van der Waals surface area contributed by atoms with E-state index in [1.165, 1.54) is 0 Å². The van der Waals surface area contributed by atoms with E-state index in [1.807, 2.05) is 12.1 Å². The smallest absolute Gasteiger partial charge is 0.127 e. The van der Waals surface area contributed by atoms with Crippen LogP contribution >= 0.6 is 0 Å². The van der Waals surface area contributed by atoms with E-state index in [2.05, 4.69) is 11.9 Å². The van der Waals surface area contributed by atoms with Gasteiger partial charge in [-0.3, -0.25) is 4.98 Å². The van der Waals surface area contributed by atoms with E-state index in [0.29, 0.717) is 12.3 Å². The third kappa shape index (κ3) is 1.11. The average Bonchev–Trinajstić information content (AvgIpc) is 2.12. The van der Waals surface area contributed by atoms with Gasteiger partial charge in [0.2, 0.25) is 0 Å². The van der Waals surface area contributed by atoms with Gasteiger partial charge in [0.25, 0.3) is 0 Å². The van der Waals surface area contributed by atoms with Crippen molar-refractivity contribution in [3.63, 3.8) is 0 Å². The van der Waals surface area contributed by atoms with Crippen LogP contribution in [0.2, 0.25) is 0 Å². The van der Waals surface area contributed by atoms with E-state index < -0.39 is 6.17 Å². The van der Waals surface area contributed by atoms with Gasteiger partial charge in [-0.25, -0.2) is 4.39 Å². The molecule has 0 N–H and O–H groups in total. The SMILES string of the molecule is CC1CCC(F)c2cccnc21. The monoisotopic (exact) mass is 165 g/mol. The molecule has 0 aromatic carbocycles. The molecule has 2 atom stereocenters. The van der Waals surface area contributed by atoms with E-state index >= 15 is 0 Å². The highest BCUT2D eigenvalue weighted by Gasteiger charge is 2.24.